The van der Waals surface area contributed by atoms with Crippen LogP contribution in [0.25, 0.3) is 0 Å². The van der Waals surface area contributed by atoms with Gasteiger partial charge in [-0.3, -0.25) is 4.79 Å². The Morgan fingerprint density at radius 3 is 2.67 bits per heavy atom. The van der Waals surface area contributed by atoms with Crippen LogP contribution in [-0.4, -0.2) is 22.3 Å². The summed E-state index contributed by atoms with van der Waals surface area (Å²) < 4.78 is 4.86. The van der Waals surface area contributed by atoms with E-state index in [0.717, 1.165) is 18.4 Å². The number of aromatic hydroxyl groups is 2. The first kappa shape index (κ1) is 9.83. The number of carbonyl (C=O) groups excluding carboxylic acids is 1. The van der Waals surface area contributed by atoms with Crippen molar-refractivity contribution in [1.82, 2.24) is 0 Å². The molecule has 0 bridgehead atoms. The third-order valence-electron chi connectivity index (χ3n) is 2.49. The Morgan fingerprint density at radius 2 is 2.07 bits per heavy atom. The van der Waals surface area contributed by atoms with Crippen molar-refractivity contribution in [2.24, 2.45) is 0 Å². The van der Waals surface area contributed by atoms with Gasteiger partial charge in [0.05, 0.1) is 6.42 Å². The number of ether oxygens (including phenoxy) is 1. The van der Waals surface area contributed by atoms with Crippen LogP contribution in [0.2, 0.25) is 0 Å². The molecule has 4 heteroatoms. The molecule has 80 valence electrons. The molecule has 0 aliphatic carbocycles. The zero-order chi connectivity index (χ0) is 10.8. The van der Waals surface area contributed by atoms with Crippen molar-refractivity contribution >= 4 is 5.97 Å². The molecule has 15 heavy (non-hydrogen) atoms. The van der Waals surface area contributed by atoms with Crippen molar-refractivity contribution in [3.8, 4) is 11.5 Å². The number of phenols is 2. The van der Waals surface area contributed by atoms with Crippen molar-refractivity contribution in [2.75, 3.05) is 0 Å². The summed E-state index contributed by atoms with van der Waals surface area (Å²) in [5.41, 5.74) is 0.924. The normalized spacial score (nSPS) is 19.5. The zero-order valence-corrected chi connectivity index (χ0v) is 8.14. The second-order valence-corrected chi connectivity index (χ2v) is 3.68. The maximum atomic E-state index is 10.5. The number of aryl methyl sites for hydroxylation is 1. The number of benzene rings is 1. The molecule has 0 saturated carbocycles. The molecule has 0 spiro atoms. The van der Waals surface area contributed by atoms with Crippen LogP contribution < -0.4 is 0 Å². The minimum Gasteiger partial charge on any atom is -0.504 e. The summed E-state index contributed by atoms with van der Waals surface area (Å²) in [5.74, 6) is -0.375. The monoisotopic (exact) mass is 208 g/mol. The van der Waals surface area contributed by atoms with Crippen molar-refractivity contribution in [3.63, 3.8) is 0 Å². The van der Waals surface area contributed by atoms with Crippen LogP contribution in [0, 0.1) is 0 Å². The van der Waals surface area contributed by atoms with Crippen LogP contribution in [0.1, 0.15) is 18.4 Å². The Bertz CT molecular complexity index is 378. The zero-order valence-electron chi connectivity index (χ0n) is 8.14. The Labute approximate surface area is 87.1 Å². The lowest BCUT2D eigenvalue weighted by Crippen LogP contribution is -2.32. The molecule has 1 aliphatic rings. The second-order valence-electron chi connectivity index (χ2n) is 3.68. The summed E-state index contributed by atoms with van der Waals surface area (Å²) in [5, 5.41) is 18.3. The van der Waals surface area contributed by atoms with Crippen LogP contribution in [0.3, 0.4) is 0 Å². The van der Waals surface area contributed by atoms with Crippen LogP contribution in [0.5, 0.6) is 11.5 Å². The van der Waals surface area contributed by atoms with Gasteiger partial charge in [0.2, 0.25) is 0 Å². The van der Waals surface area contributed by atoms with Crippen LogP contribution in [0.4, 0.5) is 0 Å². The lowest BCUT2D eigenvalue weighted by atomic mass is 10.0. The van der Waals surface area contributed by atoms with Crippen molar-refractivity contribution in [1.29, 1.82) is 0 Å². The molecule has 1 aliphatic heterocycles. The molecule has 1 saturated heterocycles. The predicted octanol–water partition coefficient (Wildman–Crippen LogP) is 1.35. The minimum atomic E-state index is -0.145. The third kappa shape index (κ3) is 2.21. The molecule has 0 aromatic heterocycles. The highest BCUT2D eigenvalue weighted by Crippen LogP contribution is 2.26. The molecule has 1 aromatic carbocycles. The van der Waals surface area contributed by atoms with Crippen molar-refractivity contribution in [2.45, 2.75) is 25.4 Å². The van der Waals surface area contributed by atoms with Gasteiger partial charge in [-0.05, 0) is 30.5 Å². The summed E-state index contributed by atoms with van der Waals surface area (Å²) >= 11 is 0. The van der Waals surface area contributed by atoms with Crippen LogP contribution in [0.15, 0.2) is 18.2 Å². The topological polar surface area (TPSA) is 66.8 Å². The summed E-state index contributed by atoms with van der Waals surface area (Å²) in [4.78, 5) is 10.5. The average Bonchev–Trinajstić information content (AvgIpc) is 2.16. The molecule has 1 fully saturated rings. The van der Waals surface area contributed by atoms with E-state index >= 15 is 0 Å². The van der Waals surface area contributed by atoms with E-state index in [2.05, 4.69) is 0 Å². The maximum absolute atomic E-state index is 10.5. The molecule has 1 atom stereocenters. The molecule has 1 heterocycles. The Kier molecular flexibility index (Phi) is 2.49. The fraction of sp³-hybridized carbons (Fsp3) is 0.364. The van der Waals surface area contributed by atoms with Crippen LogP contribution in [-0.2, 0) is 16.0 Å². The van der Waals surface area contributed by atoms with Crippen molar-refractivity contribution < 1.29 is 19.7 Å². The molecule has 0 radical (unpaired) electrons. The molecule has 4 nitrogen and oxygen atoms in total. The number of rotatable bonds is 3. The van der Waals surface area contributed by atoms with Gasteiger partial charge in [0, 0.05) is 0 Å². The highest BCUT2D eigenvalue weighted by Gasteiger charge is 2.27. The summed E-state index contributed by atoms with van der Waals surface area (Å²) in [6.07, 6.45) is 2.00. The van der Waals surface area contributed by atoms with Gasteiger partial charge in [0.25, 0.3) is 0 Å². The van der Waals surface area contributed by atoms with Gasteiger partial charge in [-0.25, -0.2) is 0 Å². The number of carbonyl (C=O) groups is 1. The Balaban J connectivity index is 1.88. The number of phenolic OH excluding ortho intramolecular Hbond substituents is 2. The van der Waals surface area contributed by atoms with E-state index in [1.807, 2.05) is 0 Å². The summed E-state index contributed by atoms with van der Waals surface area (Å²) in [6.45, 7) is 0. The van der Waals surface area contributed by atoms with Gasteiger partial charge >= 0.3 is 5.97 Å². The predicted molar refractivity (Wildman–Crippen MR) is 52.6 cm³/mol. The highest BCUT2D eigenvalue weighted by atomic mass is 16.6. The van der Waals surface area contributed by atoms with Crippen molar-refractivity contribution in [3.05, 3.63) is 23.8 Å². The van der Waals surface area contributed by atoms with Gasteiger partial charge in [0.1, 0.15) is 6.10 Å². The van der Waals surface area contributed by atoms with Gasteiger partial charge in [-0.15, -0.1) is 0 Å². The van der Waals surface area contributed by atoms with E-state index < -0.39 is 0 Å². The first-order valence-electron chi connectivity index (χ1n) is 4.85. The first-order valence-corrected chi connectivity index (χ1v) is 4.85. The second kappa shape index (κ2) is 3.81. The quantitative estimate of drug-likeness (QED) is 0.581. The highest BCUT2D eigenvalue weighted by molar-refractivity contribution is 5.75. The molecule has 2 rings (SSSR count). The summed E-state index contributed by atoms with van der Waals surface area (Å²) in [7, 11) is 0. The Morgan fingerprint density at radius 1 is 1.33 bits per heavy atom. The average molecular weight is 208 g/mol. The lowest BCUT2D eigenvalue weighted by Gasteiger charge is -2.25. The smallest absolute Gasteiger partial charge is 0.309 e. The number of esters is 1. The van der Waals surface area contributed by atoms with Crippen LogP contribution >= 0.6 is 0 Å². The fourth-order valence-corrected chi connectivity index (χ4v) is 1.58. The molecular formula is C11H12O4. The van der Waals surface area contributed by atoms with E-state index in [1.165, 1.54) is 12.1 Å². The SMILES string of the molecule is O=C1CC(CCc2ccc(O)c(O)c2)O1. The van der Waals surface area contributed by atoms with E-state index in [0.29, 0.717) is 6.42 Å². The molecule has 1 unspecified atom stereocenters. The van der Waals surface area contributed by atoms with Gasteiger partial charge in [-0.2, -0.15) is 0 Å². The number of hydrogen-bond donors (Lipinski definition) is 2. The largest absolute Gasteiger partial charge is 0.504 e. The van der Waals surface area contributed by atoms with E-state index in [-0.39, 0.29) is 23.6 Å². The molecule has 2 N–H and O–H groups in total. The van der Waals surface area contributed by atoms with E-state index in [9.17, 15) is 9.90 Å². The van der Waals surface area contributed by atoms with Gasteiger partial charge in [0.15, 0.2) is 11.5 Å². The van der Waals surface area contributed by atoms with Gasteiger partial charge < -0.3 is 14.9 Å². The number of cyclic esters (lactones) is 1. The van der Waals surface area contributed by atoms with E-state index in [1.54, 1.807) is 6.07 Å². The maximum Gasteiger partial charge on any atom is 0.309 e. The summed E-state index contributed by atoms with van der Waals surface area (Å²) in [6, 6.07) is 4.73. The molecule has 1 aromatic rings. The van der Waals surface area contributed by atoms with E-state index in [4.69, 9.17) is 9.84 Å². The third-order valence-corrected chi connectivity index (χ3v) is 2.49. The number of hydrogen-bond acceptors (Lipinski definition) is 4. The lowest BCUT2D eigenvalue weighted by molar-refractivity contribution is -0.169. The standard InChI is InChI=1S/C11H12O4/c12-9-4-2-7(5-10(9)13)1-3-8-6-11(14)15-8/h2,4-5,8,12-13H,1,3,6H2. The fourth-order valence-electron chi connectivity index (χ4n) is 1.58. The van der Waals surface area contributed by atoms with Gasteiger partial charge in [-0.1, -0.05) is 6.07 Å². The molecule has 0 amide bonds. The minimum absolute atomic E-state index is 0.0217. The Hall–Kier alpha value is -1.71. The first-order chi connectivity index (χ1) is 7.15. The molecular weight excluding hydrogens is 196 g/mol.